The zero-order chi connectivity index (χ0) is 28.6. The Morgan fingerprint density at radius 3 is 2.78 bits per heavy atom. The molecule has 0 saturated heterocycles. The second kappa shape index (κ2) is 13.7. The van der Waals surface area contributed by atoms with E-state index < -0.39 is 0 Å². The fourth-order valence-corrected chi connectivity index (χ4v) is 6.36. The SMILES string of the molecule is C=CCc1cc(C=Nc2sc3c(c2C(=O)NCc2ccco2)CCCC3)cc(OCC)c1OCc1ccccc1Cl. The molecular weight excluding hydrogens is 556 g/mol. The van der Waals surface area contributed by atoms with Crippen LogP contribution in [0, 0.1) is 0 Å². The summed E-state index contributed by atoms with van der Waals surface area (Å²) < 4.78 is 17.7. The highest BCUT2D eigenvalue weighted by Crippen LogP contribution is 2.40. The summed E-state index contributed by atoms with van der Waals surface area (Å²) in [6, 6.07) is 15.2. The first-order valence-corrected chi connectivity index (χ1v) is 15.0. The lowest BCUT2D eigenvalue weighted by Gasteiger charge is -2.17. The summed E-state index contributed by atoms with van der Waals surface area (Å²) >= 11 is 7.96. The highest BCUT2D eigenvalue weighted by molar-refractivity contribution is 7.16. The Hall–Kier alpha value is -3.81. The summed E-state index contributed by atoms with van der Waals surface area (Å²) in [5.41, 5.74) is 4.47. The highest BCUT2D eigenvalue weighted by atomic mass is 35.5. The molecule has 0 aliphatic heterocycles. The highest BCUT2D eigenvalue weighted by Gasteiger charge is 2.25. The van der Waals surface area contributed by atoms with Crippen LogP contribution in [-0.4, -0.2) is 18.7 Å². The van der Waals surface area contributed by atoms with Crippen molar-refractivity contribution in [3.63, 3.8) is 0 Å². The molecule has 4 aromatic rings. The third-order valence-corrected chi connectivity index (χ3v) is 8.43. The van der Waals surface area contributed by atoms with Crippen LogP contribution in [0.1, 0.15) is 63.0 Å². The fraction of sp³-hybridized carbons (Fsp3) is 0.273. The average molecular weight is 589 g/mol. The average Bonchev–Trinajstić information content (AvgIpc) is 3.63. The number of ether oxygens (including phenoxy) is 2. The molecule has 8 heteroatoms. The molecule has 0 atom stereocenters. The smallest absolute Gasteiger partial charge is 0.255 e. The van der Waals surface area contributed by atoms with Gasteiger partial charge in [0.2, 0.25) is 0 Å². The quantitative estimate of drug-likeness (QED) is 0.133. The molecule has 212 valence electrons. The van der Waals surface area contributed by atoms with Gasteiger partial charge in [0.15, 0.2) is 11.5 Å². The van der Waals surface area contributed by atoms with Gasteiger partial charge in [-0.2, -0.15) is 0 Å². The van der Waals surface area contributed by atoms with Crippen LogP contribution < -0.4 is 14.8 Å². The Balaban J connectivity index is 1.44. The summed E-state index contributed by atoms with van der Waals surface area (Å²) in [4.78, 5) is 19.5. The van der Waals surface area contributed by atoms with Gasteiger partial charge in [-0.15, -0.1) is 17.9 Å². The van der Waals surface area contributed by atoms with Crippen LogP contribution in [-0.2, 0) is 32.4 Å². The molecule has 5 rings (SSSR count). The summed E-state index contributed by atoms with van der Waals surface area (Å²) in [6.07, 6.45) is 9.90. The van der Waals surface area contributed by atoms with Gasteiger partial charge in [-0.05, 0) is 80.5 Å². The van der Waals surface area contributed by atoms with Crippen LogP contribution in [0.15, 0.2) is 76.9 Å². The number of aryl methyl sites for hydroxylation is 1. The second-order valence-corrected chi connectivity index (χ2v) is 11.2. The minimum atomic E-state index is -0.126. The number of rotatable bonds is 12. The standard InChI is InChI=1S/C33H33ClN2O4S/c1-3-10-23-17-22(18-28(38-4-2)31(23)40-21-24-11-5-7-14-27(24)34)19-36-33-30(26-13-6-8-15-29(26)41-33)32(37)35-20-25-12-9-16-39-25/h3,5,7,9,11-12,14,16-19H,1,4,6,8,10,13,15,20-21H2,2H3,(H,35,37). The van der Waals surface area contributed by atoms with E-state index in [9.17, 15) is 4.79 Å². The van der Waals surface area contributed by atoms with E-state index in [2.05, 4.69) is 11.9 Å². The largest absolute Gasteiger partial charge is 0.490 e. The number of hydrogen-bond donors (Lipinski definition) is 1. The monoisotopic (exact) mass is 588 g/mol. The molecule has 0 bridgehead atoms. The molecule has 6 nitrogen and oxygen atoms in total. The van der Waals surface area contributed by atoms with Crippen LogP contribution >= 0.6 is 22.9 Å². The number of fused-ring (bicyclic) bond motifs is 1. The van der Waals surface area contributed by atoms with E-state index in [0.717, 1.165) is 52.9 Å². The molecule has 1 amide bonds. The van der Waals surface area contributed by atoms with Gasteiger partial charge in [0, 0.05) is 27.2 Å². The zero-order valence-electron chi connectivity index (χ0n) is 23.1. The number of thiophene rings is 1. The van der Waals surface area contributed by atoms with Crippen molar-refractivity contribution in [2.45, 2.75) is 52.2 Å². The van der Waals surface area contributed by atoms with Gasteiger partial charge in [-0.1, -0.05) is 35.9 Å². The van der Waals surface area contributed by atoms with E-state index in [0.29, 0.717) is 54.0 Å². The number of aliphatic imine (C=N–C) groups is 1. The van der Waals surface area contributed by atoms with Crippen molar-refractivity contribution < 1.29 is 18.7 Å². The lowest BCUT2D eigenvalue weighted by molar-refractivity contribution is 0.0948. The number of carbonyl (C=O) groups excluding carboxylic acids is 1. The van der Waals surface area contributed by atoms with E-state index in [-0.39, 0.29) is 5.91 Å². The van der Waals surface area contributed by atoms with Crippen molar-refractivity contribution >= 4 is 40.1 Å². The predicted molar refractivity (Wildman–Crippen MR) is 165 cm³/mol. The lowest BCUT2D eigenvalue weighted by atomic mass is 9.95. The Kier molecular flexibility index (Phi) is 9.59. The maximum absolute atomic E-state index is 13.4. The summed E-state index contributed by atoms with van der Waals surface area (Å²) in [5, 5.41) is 4.38. The minimum absolute atomic E-state index is 0.126. The maximum atomic E-state index is 13.4. The first kappa shape index (κ1) is 28.7. The Morgan fingerprint density at radius 2 is 2.00 bits per heavy atom. The van der Waals surface area contributed by atoms with E-state index >= 15 is 0 Å². The number of nitrogens with one attached hydrogen (secondary N) is 1. The van der Waals surface area contributed by atoms with Crippen molar-refractivity contribution in [1.82, 2.24) is 5.32 Å². The molecular formula is C33H33ClN2O4S. The molecule has 0 radical (unpaired) electrons. The van der Waals surface area contributed by atoms with Crippen molar-refractivity contribution in [3.05, 3.63) is 111 Å². The molecule has 0 unspecified atom stereocenters. The predicted octanol–water partition coefficient (Wildman–Crippen LogP) is 8.26. The van der Waals surface area contributed by atoms with Crippen molar-refractivity contribution in [2.75, 3.05) is 6.61 Å². The lowest BCUT2D eigenvalue weighted by Crippen LogP contribution is -2.23. The third-order valence-electron chi connectivity index (χ3n) is 6.86. The molecule has 0 saturated carbocycles. The first-order valence-electron chi connectivity index (χ1n) is 13.8. The van der Waals surface area contributed by atoms with Crippen LogP contribution in [0.25, 0.3) is 0 Å². The van der Waals surface area contributed by atoms with Gasteiger partial charge in [0.1, 0.15) is 17.4 Å². The molecule has 2 aromatic heterocycles. The normalized spacial score (nSPS) is 12.7. The molecule has 1 N–H and O–H groups in total. The molecule has 2 aromatic carbocycles. The summed E-state index contributed by atoms with van der Waals surface area (Å²) in [5.74, 6) is 1.87. The number of amides is 1. The maximum Gasteiger partial charge on any atom is 0.255 e. The number of allylic oxidation sites excluding steroid dienone is 1. The van der Waals surface area contributed by atoms with Gasteiger partial charge in [-0.3, -0.25) is 4.79 Å². The molecule has 2 heterocycles. The molecule has 0 fully saturated rings. The van der Waals surface area contributed by atoms with Crippen molar-refractivity contribution in [3.8, 4) is 11.5 Å². The zero-order valence-corrected chi connectivity index (χ0v) is 24.7. The number of benzene rings is 2. The van der Waals surface area contributed by atoms with Crippen LogP contribution in [0.3, 0.4) is 0 Å². The number of furan rings is 1. The first-order chi connectivity index (χ1) is 20.1. The van der Waals surface area contributed by atoms with Crippen molar-refractivity contribution in [1.29, 1.82) is 0 Å². The number of hydrogen-bond acceptors (Lipinski definition) is 6. The molecule has 0 spiro atoms. The molecule has 1 aliphatic carbocycles. The Labute approximate surface area is 249 Å². The van der Waals surface area contributed by atoms with Crippen LogP contribution in [0.4, 0.5) is 5.00 Å². The van der Waals surface area contributed by atoms with E-state index in [1.165, 1.54) is 4.88 Å². The van der Waals surface area contributed by atoms with Crippen LogP contribution in [0.5, 0.6) is 11.5 Å². The summed E-state index contributed by atoms with van der Waals surface area (Å²) in [7, 11) is 0. The molecule has 1 aliphatic rings. The van der Waals surface area contributed by atoms with E-state index in [1.54, 1.807) is 23.8 Å². The summed E-state index contributed by atoms with van der Waals surface area (Å²) in [6.45, 7) is 7.00. The minimum Gasteiger partial charge on any atom is -0.490 e. The third kappa shape index (κ3) is 6.92. The van der Waals surface area contributed by atoms with Gasteiger partial charge in [0.05, 0.1) is 25.0 Å². The van der Waals surface area contributed by atoms with Gasteiger partial charge >= 0.3 is 0 Å². The Bertz CT molecular complexity index is 1540. The second-order valence-electron chi connectivity index (χ2n) is 9.72. The van der Waals surface area contributed by atoms with Gasteiger partial charge < -0.3 is 19.2 Å². The number of nitrogens with zero attached hydrogens (tertiary/aromatic N) is 1. The van der Waals surface area contributed by atoms with E-state index in [1.807, 2.05) is 61.5 Å². The van der Waals surface area contributed by atoms with Gasteiger partial charge in [-0.25, -0.2) is 4.99 Å². The number of carbonyl (C=O) groups is 1. The topological polar surface area (TPSA) is 73.1 Å². The molecule has 41 heavy (non-hydrogen) atoms. The van der Waals surface area contributed by atoms with Gasteiger partial charge in [0.25, 0.3) is 5.91 Å². The fourth-order valence-electron chi connectivity index (χ4n) is 4.94. The van der Waals surface area contributed by atoms with E-state index in [4.69, 9.17) is 30.5 Å². The van der Waals surface area contributed by atoms with Crippen LogP contribution in [0.2, 0.25) is 5.02 Å². The number of halogens is 1. The van der Waals surface area contributed by atoms with Crippen molar-refractivity contribution in [2.24, 2.45) is 4.99 Å². The Morgan fingerprint density at radius 1 is 1.15 bits per heavy atom.